The summed E-state index contributed by atoms with van der Waals surface area (Å²) in [4.78, 5) is 26.6. The molecule has 4 aliphatic rings. The number of alkyl halides is 3. The second kappa shape index (κ2) is 9.18. The number of halogens is 3. The van der Waals surface area contributed by atoms with Crippen LogP contribution < -0.4 is 0 Å². The molecule has 3 aliphatic heterocycles. The second-order valence-corrected chi connectivity index (χ2v) is 8.41. The van der Waals surface area contributed by atoms with E-state index in [4.69, 9.17) is 19.4 Å². The predicted molar refractivity (Wildman–Crippen MR) is 96.2 cm³/mol. The summed E-state index contributed by atoms with van der Waals surface area (Å²) in [6.07, 6.45) is -0.215. The molecular formula is C19H29F3N2O5. The van der Waals surface area contributed by atoms with Gasteiger partial charge in [-0.15, -0.1) is 0 Å². The third-order valence-corrected chi connectivity index (χ3v) is 6.28. The number of hydrogen-bond donors (Lipinski definition) is 1. The van der Waals surface area contributed by atoms with Crippen LogP contribution in [0.15, 0.2) is 0 Å². The standard InChI is InChI=1S/C17H28N2O3.C2HF3O2/c20-16(19-5-9-22-10-6-19)15-12-18(11-14-1-2-14)13-17(15)3-7-21-8-4-17;3-2(4,5)1(6)7/h14-15H,1-13H2;(H,6,7). The van der Waals surface area contributed by atoms with E-state index >= 15 is 0 Å². The number of hydrogen-bond acceptors (Lipinski definition) is 5. The van der Waals surface area contributed by atoms with E-state index in [0.29, 0.717) is 19.1 Å². The molecular weight excluding hydrogens is 393 g/mol. The Labute approximate surface area is 168 Å². The zero-order chi connectivity index (χ0) is 21.1. The second-order valence-electron chi connectivity index (χ2n) is 8.41. The van der Waals surface area contributed by atoms with Crippen LogP contribution in [-0.4, -0.2) is 92.1 Å². The summed E-state index contributed by atoms with van der Waals surface area (Å²) < 4.78 is 42.7. The number of rotatable bonds is 3. The summed E-state index contributed by atoms with van der Waals surface area (Å²) in [7, 11) is 0. The molecule has 3 saturated heterocycles. The lowest BCUT2D eigenvalue weighted by molar-refractivity contribution is -0.192. The fourth-order valence-corrected chi connectivity index (χ4v) is 4.51. The first-order valence-corrected chi connectivity index (χ1v) is 10.2. The quantitative estimate of drug-likeness (QED) is 0.745. The number of nitrogens with zero attached hydrogens (tertiary/aromatic N) is 2. The van der Waals surface area contributed by atoms with E-state index in [2.05, 4.69) is 4.90 Å². The molecule has 1 aliphatic carbocycles. The molecule has 1 N–H and O–H groups in total. The van der Waals surface area contributed by atoms with E-state index in [-0.39, 0.29) is 11.3 Å². The van der Waals surface area contributed by atoms with Gasteiger partial charge in [-0.1, -0.05) is 0 Å². The van der Waals surface area contributed by atoms with Crippen LogP contribution in [0.3, 0.4) is 0 Å². The summed E-state index contributed by atoms with van der Waals surface area (Å²) in [5.41, 5.74) is 0.169. The lowest BCUT2D eigenvalue weighted by Crippen LogP contribution is -2.49. The van der Waals surface area contributed by atoms with Crippen LogP contribution in [0.2, 0.25) is 0 Å². The van der Waals surface area contributed by atoms with Gasteiger partial charge in [0.25, 0.3) is 0 Å². The minimum atomic E-state index is -5.08. The van der Waals surface area contributed by atoms with Gasteiger partial charge in [-0.3, -0.25) is 4.79 Å². The normalized spacial score (nSPS) is 27.4. The molecule has 1 unspecified atom stereocenters. The molecule has 3 heterocycles. The molecule has 4 fully saturated rings. The van der Waals surface area contributed by atoms with Gasteiger partial charge in [0.1, 0.15) is 0 Å². The number of carbonyl (C=O) groups excluding carboxylic acids is 1. The van der Waals surface area contributed by atoms with Crippen LogP contribution in [0, 0.1) is 17.3 Å². The van der Waals surface area contributed by atoms with E-state index in [1.807, 2.05) is 4.90 Å². The Morgan fingerprint density at radius 2 is 1.59 bits per heavy atom. The van der Waals surface area contributed by atoms with E-state index in [1.165, 1.54) is 19.4 Å². The summed E-state index contributed by atoms with van der Waals surface area (Å²) >= 11 is 0. The van der Waals surface area contributed by atoms with Gasteiger partial charge in [0.2, 0.25) is 5.91 Å². The number of carboxylic acids is 1. The van der Waals surface area contributed by atoms with Gasteiger partial charge in [-0.05, 0) is 31.6 Å². The number of morpholine rings is 1. The van der Waals surface area contributed by atoms with Gasteiger partial charge < -0.3 is 24.4 Å². The highest BCUT2D eigenvalue weighted by Crippen LogP contribution is 2.46. The highest BCUT2D eigenvalue weighted by molar-refractivity contribution is 5.80. The number of amides is 1. The predicted octanol–water partition coefficient (Wildman–Crippen LogP) is 1.62. The summed E-state index contributed by atoms with van der Waals surface area (Å²) in [6, 6.07) is 0. The highest BCUT2D eigenvalue weighted by Gasteiger charge is 2.52. The average molecular weight is 422 g/mol. The van der Waals surface area contributed by atoms with E-state index in [0.717, 1.165) is 58.2 Å². The van der Waals surface area contributed by atoms with Crippen molar-refractivity contribution in [2.75, 3.05) is 59.2 Å². The summed E-state index contributed by atoms with van der Waals surface area (Å²) in [5.74, 6) is -1.31. The lowest BCUT2D eigenvalue weighted by Gasteiger charge is -2.40. The van der Waals surface area contributed by atoms with Gasteiger partial charge in [0, 0.05) is 51.4 Å². The molecule has 1 spiro atoms. The van der Waals surface area contributed by atoms with Crippen LogP contribution in [0.25, 0.3) is 0 Å². The molecule has 0 bridgehead atoms. The molecule has 0 aromatic heterocycles. The molecule has 7 nitrogen and oxygen atoms in total. The van der Waals surface area contributed by atoms with E-state index < -0.39 is 12.1 Å². The van der Waals surface area contributed by atoms with Crippen molar-refractivity contribution in [2.24, 2.45) is 17.3 Å². The first-order valence-electron chi connectivity index (χ1n) is 10.2. The molecule has 1 amide bonds. The topological polar surface area (TPSA) is 79.3 Å². The van der Waals surface area contributed by atoms with Gasteiger partial charge >= 0.3 is 12.1 Å². The minimum Gasteiger partial charge on any atom is -0.475 e. The molecule has 1 atom stereocenters. The lowest BCUT2D eigenvalue weighted by atomic mass is 9.71. The maximum atomic E-state index is 13.1. The molecule has 29 heavy (non-hydrogen) atoms. The van der Waals surface area contributed by atoms with Crippen LogP contribution >= 0.6 is 0 Å². The SMILES string of the molecule is O=C(C1CN(CC2CC2)CC12CCOCC2)N1CCOCC1.O=C(O)C(F)(F)F. The van der Waals surface area contributed by atoms with Gasteiger partial charge in [-0.25, -0.2) is 4.79 Å². The largest absolute Gasteiger partial charge is 0.490 e. The summed E-state index contributed by atoms with van der Waals surface area (Å²) in [5, 5.41) is 7.12. The van der Waals surface area contributed by atoms with Gasteiger partial charge in [-0.2, -0.15) is 13.2 Å². The first kappa shape index (κ1) is 22.3. The number of likely N-dealkylation sites (tertiary alicyclic amines) is 1. The van der Waals surface area contributed by atoms with Crippen LogP contribution in [0.5, 0.6) is 0 Å². The van der Waals surface area contributed by atoms with Gasteiger partial charge in [0.05, 0.1) is 19.1 Å². The first-order chi connectivity index (χ1) is 13.7. The Morgan fingerprint density at radius 3 is 2.10 bits per heavy atom. The number of carboxylic acid groups (broad SMARTS) is 1. The van der Waals surface area contributed by atoms with Crippen LogP contribution in [-0.2, 0) is 19.1 Å². The Hall–Kier alpha value is -1.39. The third-order valence-electron chi connectivity index (χ3n) is 6.28. The zero-order valence-electron chi connectivity index (χ0n) is 16.5. The molecule has 0 aromatic rings. The average Bonchev–Trinajstić information content (AvgIpc) is 3.44. The number of carbonyl (C=O) groups is 2. The van der Waals surface area contributed by atoms with Crippen molar-refractivity contribution in [1.82, 2.24) is 9.80 Å². The van der Waals surface area contributed by atoms with Crippen LogP contribution in [0.4, 0.5) is 13.2 Å². The highest BCUT2D eigenvalue weighted by atomic mass is 19.4. The molecule has 166 valence electrons. The fraction of sp³-hybridized carbons (Fsp3) is 0.895. The zero-order valence-corrected chi connectivity index (χ0v) is 16.5. The molecule has 4 rings (SSSR count). The molecule has 1 saturated carbocycles. The molecule has 10 heteroatoms. The Balaban J connectivity index is 0.000000298. The van der Waals surface area contributed by atoms with Crippen molar-refractivity contribution in [1.29, 1.82) is 0 Å². The minimum absolute atomic E-state index is 0.169. The Kier molecular flexibility index (Phi) is 7.06. The van der Waals surface area contributed by atoms with Crippen molar-refractivity contribution in [2.45, 2.75) is 31.9 Å². The molecule has 0 radical (unpaired) electrons. The van der Waals surface area contributed by atoms with E-state index in [1.54, 1.807) is 0 Å². The van der Waals surface area contributed by atoms with Crippen molar-refractivity contribution >= 4 is 11.9 Å². The molecule has 0 aromatic carbocycles. The van der Waals surface area contributed by atoms with Crippen molar-refractivity contribution in [3.8, 4) is 0 Å². The van der Waals surface area contributed by atoms with E-state index in [9.17, 15) is 18.0 Å². The smallest absolute Gasteiger partial charge is 0.475 e. The van der Waals surface area contributed by atoms with Crippen molar-refractivity contribution in [3.63, 3.8) is 0 Å². The maximum Gasteiger partial charge on any atom is 0.490 e. The Bertz CT molecular complexity index is 585. The fourth-order valence-electron chi connectivity index (χ4n) is 4.51. The number of ether oxygens (including phenoxy) is 2. The maximum absolute atomic E-state index is 13.1. The van der Waals surface area contributed by atoms with Crippen LogP contribution in [0.1, 0.15) is 25.7 Å². The third kappa shape index (κ3) is 5.82. The summed E-state index contributed by atoms with van der Waals surface area (Å²) in [6.45, 7) is 7.85. The monoisotopic (exact) mass is 422 g/mol. The van der Waals surface area contributed by atoms with Gasteiger partial charge in [0.15, 0.2) is 0 Å². The van der Waals surface area contributed by atoms with Crippen molar-refractivity contribution in [3.05, 3.63) is 0 Å². The number of aliphatic carboxylic acids is 1. The van der Waals surface area contributed by atoms with Crippen molar-refractivity contribution < 1.29 is 37.3 Å². The Morgan fingerprint density at radius 1 is 1.03 bits per heavy atom.